The summed E-state index contributed by atoms with van der Waals surface area (Å²) in [5, 5.41) is 7.78. The maximum Gasteiger partial charge on any atom is 0.138 e. The molecule has 0 bridgehead atoms. The third-order valence-electron chi connectivity index (χ3n) is 2.01. The largest absolute Gasteiger partial charge is 0.372 e. The first-order valence-corrected chi connectivity index (χ1v) is 5.01. The molecule has 16 heavy (non-hydrogen) atoms. The molecule has 0 saturated carbocycles. The molecule has 2 rings (SSSR count). The average molecular weight is 233 g/mol. The highest BCUT2D eigenvalue weighted by atomic mass is 35.5. The van der Waals surface area contributed by atoms with Crippen molar-refractivity contribution in [3.8, 4) is 18.0 Å². The number of rotatable bonds is 3. The fourth-order valence-electron chi connectivity index (χ4n) is 1.33. The molecule has 0 saturated heterocycles. The van der Waals surface area contributed by atoms with Crippen LogP contribution in [0.3, 0.4) is 0 Å². The van der Waals surface area contributed by atoms with Gasteiger partial charge in [0.1, 0.15) is 12.7 Å². The lowest BCUT2D eigenvalue weighted by Crippen LogP contribution is -2.04. The molecule has 0 aliphatic rings. The zero-order valence-electron chi connectivity index (χ0n) is 8.39. The van der Waals surface area contributed by atoms with Crippen LogP contribution in [-0.2, 0) is 0 Å². The van der Waals surface area contributed by atoms with Crippen molar-refractivity contribution >= 4 is 17.3 Å². The van der Waals surface area contributed by atoms with Gasteiger partial charge < -0.3 is 5.32 Å². The fourth-order valence-corrected chi connectivity index (χ4v) is 1.50. The maximum absolute atomic E-state index is 5.92. The Morgan fingerprint density at radius 3 is 3.06 bits per heavy atom. The summed E-state index contributed by atoms with van der Waals surface area (Å²) in [4.78, 5) is 3.89. The Balaban J connectivity index is 2.41. The Hall–Kier alpha value is -1.99. The topological polar surface area (TPSA) is 42.7 Å². The Labute approximate surface area is 98.3 Å². The summed E-state index contributed by atoms with van der Waals surface area (Å²) >= 11 is 5.92. The average Bonchev–Trinajstić information content (AvgIpc) is 2.80. The van der Waals surface area contributed by atoms with Gasteiger partial charge in [-0.05, 0) is 18.2 Å². The number of hydrogen-bond donors (Lipinski definition) is 1. The fraction of sp³-hybridized carbons (Fsp3) is 0.0909. The molecular formula is C11H9ClN4. The Kier molecular flexibility index (Phi) is 3.08. The van der Waals surface area contributed by atoms with E-state index in [9.17, 15) is 0 Å². The second-order valence-electron chi connectivity index (χ2n) is 3.06. The van der Waals surface area contributed by atoms with Gasteiger partial charge in [-0.3, -0.25) is 0 Å². The predicted molar refractivity (Wildman–Crippen MR) is 63.7 cm³/mol. The lowest BCUT2D eigenvalue weighted by molar-refractivity contribution is 0.879. The van der Waals surface area contributed by atoms with Gasteiger partial charge in [0.25, 0.3) is 0 Å². The van der Waals surface area contributed by atoms with Gasteiger partial charge in [-0.25, -0.2) is 9.67 Å². The second-order valence-corrected chi connectivity index (χ2v) is 3.50. The van der Waals surface area contributed by atoms with Crippen LogP contribution in [0.25, 0.3) is 5.69 Å². The van der Waals surface area contributed by atoms with Gasteiger partial charge in [0.15, 0.2) is 0 Å². The summed E-state index contributed by atoms with van der Waals surface area (Å²) in [7, 11) is 0. The molecular weight excluding hydrogens is 224 g/mol. The van der Waals surface area contributed by atoms with E-state index in [0.29, 0.717) is 11.6 Å². The number of terminal acetylenes is 1. The van der Waals surface area contributed by atoms with Gasteiger partial charge in [0.05, 0.1) is 17.9 Å². The minimum absolute atomic E-state index is 0.433. The number of anilines is 1. The molecule has 0 fully saturated rings. The monoisotopic (exact) mass is 232 g/mol. The number of benzene rings is 1. The van der Waals surface area contributed by atoms with Crippen molar-refractivity contribution in [1.29, 1.82) is 0 Å². The van der Waals surface area contributed by atoms with Crippen LogP contribution in [0.2, 0.25) is 5.02 Å². The van der Waals surface area contributed by atoms with Crippen LogP contribution < -0.4 is 5.32 Å². The third kappa shape index (κ3) is 2.15. The summed E-state index contributed by atoms with van der Waals surface area (Å²) in [5.74, 6) is 2.51. The van der Waals surface area contributed by atoms with E-state index in [1.807, 2.05) is 6.07 Å². The summed E-state index contributed by atoms with van der Waals surface area (Å²) in [5.41, 5.74) is 1.69. The zero-order valence-corrected chi connectivity index (χ0v) is 9.15. The summed E-state index contributed by atoms with van der Waals surface area (Å²) in [6, 6.07) is 5.45. The Morgan fingerprint density at radius 1 is 1.50 bits per heavy atom. The summed E-state index contributed by atoms with van der Waals surface area (Å²) < 4.78 is 1.65. The molecule has 2 aromatic rings. The van der Waals surface area contributed by atoms with Crippen LogP contribution in [0.5, 0.6) is 0 Å². The highest BCUT2D eigenvalue weighted by Crippen LogP contribution is 2.23. The van der Waals surface area contributed by atoms with Crippen LogP contribution in [0.1, 0.15) is 0 Å². The van der Waals surface area contributed by atoms with Gasteiger partial charge in [0.2, 0.25) is 0 Å². The molecule has 1 heterocycles. The van der Waals surface area contributed by atoms with E-state index in [4.69, 9.17) is 18.0 Å². The van der Waals surface area contributed by atoms with Crippen molar-refractivity contribution in [3.05, 3.63) is 35.9 Å². The van der Waals surface area contributed by atoms with E-state index < -0.39 is 0 Å². The normalized spacial score (nSPS) is 9.75. The van der Waals surface area contributed by atoms with E-state index in [1.54, 1.807) is 23.1 Å². The number of nitrogens with zero attached hydrogens (tertiary/aromatic N) is 3. The third-order valence-corrected chi connectivity index (χ3v) is 2.24. The molecule has 0 amide bonds. The molecule has 1 aromatic heterocycles. The van der Waals surface area contributed by atoms with Crippen LogP contribution in [-0.4, -0.2) is 21.3 Å². The van der Waals surface area contributed by atoms with E-state index in [-0.39, 0.29) is 0 Å². The number of hydrogen-bond acceptors (Lipinski definition) is 3. The van der Waals surface area contributed by atoms with Crippen molar-refractivity contribution in [2.75, 3.05) is 11.9 Å². The minimum atomic E-state index is 0.433. The van der Waals surface area contributed by atoms with E-state index >= 15 is 0 Å². The second kappa shape index (κ2) is 4.69. The van der Waals surface area contributed by atoms with E-state index in [1.165, 1.54) is 6.33 Å². The van der Waals surface area contributed by atoms with Crippen LogP contribution >= 0.6 is 11.6 Å². The van der Waals surface area contributed by atoms with Crippen molar-refractivity contribution in [2.45, 2.75) is 0 Å². The molecule has 4 nitrogen and oxygen atoms in total. The van der Waals surface area contributed by atoms with E-state index in [0.717, 1.165) is 11.4 Å². The first-order chi connectivity index (χ1) is 7.81. The highest BCUT2D eigenvalue weighted by molar-refractivity contribution is 6.31. The molecule has 0 spiro atoms. The van der Waals surface area contributed by atoms with Gasteiger partial charge in [-0.15, -0.1) is 6.42 Å². The molecule has 0 aliphatic heterocycles. The molecule has 0 aliphatic carbocycles. The predicted octanol–water partition coefficient (Wildman–Crippen LogP) is 1.97. The quantitative estimate of drug-likeness (QED) is 0.823. The van der Waals surface area contributed by atoms with Crippen LogP contribution in [0, 0.1) is 12.3 Å². The smallest absolute Gasteiger partial charge is 0.138 e. The maximum atomic E-state index is 5.92. The van der Waals surface area contributed by atoms with Gasteiger partial charge >= 0.3 is 0 Å². The first-order valence-electron chi connectivity index (χ1n) is 4.63. The van der Waals surface area contributed by atoms with Gasteiger partial charge in [-0.1, -0.05) is 17.5 Å². The SMILES string of the molecule is C#CCNc1cc(Cl)ccc1-n1cncn1. The van der Waals surface area contributed by atoms with Gasteiger partial charge in [0, 0.05) is 5.02 Å². The lowest BCUT2D eigenvalue weighted by Gasteiger charge is -2.10. The van der Waals surface area contributed by atoms with Crippen LogP contribution in [0.4, 0.5) is 5.69 Å². The molecule has 1 aromatic carbocycles. The van der Waals surface area contributed by atoms with Crippen LogP contribution in [0.15, 0.2) is 30.9 Å². The zero-order chi connectivity index (χ0) is 11.4. The van der Waals surface area contributed by atoms with Crippen molar-refractivity contribution in [2.24, 2.45) is 0 Å². The minimum Gasteiger partial charge on any atom is -0.372 e. The molecule has 0 atom stereocenters. The summed E-state index contributed by atoms with van der Waals surface area (Å²) in [6.07, 6.45) is 8.29. The standard InChI is InChI=1S/C11H9ClN4/c1-2-5-14-10-6-9(12)3-4-11(10)16-8-13-7-15-16/h1,3-4,6-8,14H,5H2. The highest BCUT2D eigenvalue weighted by Gasteiger charge is 2.05. The van der Waals surface area contributed by atoms with Crippen molar-refractivity contribution < 1.29 is 0 Å². The molecule has 0 unspecified atom stereocenters. The number of halogens is 1. The molecule has 0 radical (unpaired) electrons. The Bertz CT molecular complexity index is 513. The van der Waals surface area contributed by atoms with Crippen molar-refractivity contribution in [3.63, 3.8) is 0 Å². The van der Waals surface area contributed by atoms with Gasteiger partial charge in [-0.2, -0.15) is 5.10 Å². The first kappa shape index (κ1) is 10.5. The number of nitrogens with one attached hydrogen (secondary N) is 1. The Morgan fingerprint density at radius 2 is 2.38 bits per heavy atom. The van der Waals surface area contributed by atoms with E-state index in [2.05, 4.69) is 21.3 Å². The number of aromatic nitrogens is 3. The lowest BCUT2D eigenvalue weighted by atomic mass is 10.2. The molecule has 1 N–H and O–H groups in total. The van der Waals surface area contributed by atoms with Crippen molar-refractivity contribution in [1.82, 2.24) is 14.8 Å². The molecule has 80 valence electrons. The summed E-state index contributed by atoms with van der Waals surface area (Å²) in [6.45, 7) is 0.433. The molecule has 5 heteroatoms.